The first-order valence-electron chi connectivity index (χ1n) is 14.2. The highest BCUT2D eigenvalue weighted by atomic mass is 32.2. The van der Waals surface area contributed by atoms with Gasteiger partial charge in [-0.15, -0.1) is 11.8 Å². The molecule has 10 heteroatoms. The third-order valence-electron chi connectivity index (χ3n) is 6.66. The van der Waals surface area contributed by atoms with Crippen LogP contribution in [0.5, 0.6) is 17.2 Å². The summed E-state index contributed by atoms with van der Waals surface area (Å²) in [5, 5.41) is 8.16. The van der Waals surface area contributed by atoms with Crippen molar-refractivity contribution < 1.29 is 28.6 Å². The van der Waals surface area contributed by atoms with Crippen LogP contribution in [0.4, 0.5) is 11.4 Å². The van der Waals surface area contributed by atoms with Gasteiger partial charge >= 0.3 is 0 Å². The molecule has 1 atom stereocenters. The first kappa shape index (κ1) is 32.7. The van der Waals surface area contributed by atoms with Crippen LogP contribution in [0.25, 0.3) is 6.08 Å². The standard InChI is InChI=1S/C35H35N3O6S/c1-5-31(35(41)37-27-18-9-10-19-29(27)42-2)45-26-17-12-16-25(22-26)36-34(40)28(38-33(39)23-13-7-6-8-14-23)21-24-15-11-20-30(43-3)32(24)44-4/h6-22,31H,5H2,1-4H3,(H,36,40)(H,37,41)(H,38,39)/b28-21+. The topological polar surface area (TPSA) is 115 Å². The van der Waals surface area contributed by atoms with Crippen LogP contribution in [0.1, 0.15) is 29.3 Å². The number of hydrogen-bond donors (Lipinski definition) is 3. The summed E-state index contributed by atoms with van der Waals surface area (Å²) in [6, 6.07) is 28.3. The van der Waals surface area contributed by atoms with Crippen LogP contribution < -0.4 is 30.2 Å². The molecule has 0 fully saturated rings. The molecule has 9 nitrogen and oxygen atoms in total. The molecule has 0 bridgehead atoms. The molecule has 0 aromatic heterocycles. The maximum absolute atomic E-state index is 13.7. The lowest BCUT2D eigenvalue weighted by Crippen LogP contribution is -2.30. The van der Waals surface area contributed by atoms with E-state index in [1.54, 1.807) is 86.0 Å². The second-order valence-electron chi connectivity index (χ2n) is 9.65. The second-order valence-corrected chi connectivity index (χ2v) is 10.9. The third-order valence-corrected chi connectivity index (χ3v) is 8.02. The van der Waals surface area contributed by atoms with E-state index in [9.17, 15) is 14.4 Å². The fraction of sp³-hybridized carbons (Fsp3) is 0.171. The number of ether oxygens (including phenoxy) is 3. The molecule has 0 aliphatic rings. The van der Waals surface area contributed by atoms with Gasteiger partial charge in [-0.05, 0) is 61.0 Å². The van der Waals surface area contributed by atoms with Crippen molar-refractivity contribution in [2.45, 2.75) is 23.5 Å². The van der Waals surface area contributed by atoms with Crippen molar-refractivity contribution in [2.75, 3.05) is 32.0 Å². The Labute approximate surface area is 267 Å². The number of carbonyl (C=O) groups is 3. The van der Waals surface area contributed by atoms with Gasteiger partial charge in [0.15, 0.2) is 11.5 Å². The number of rotatable bonds is 13. The molecule has 0 aliphatic heterocycles. The molecule has 0 saturated heterocycles. The van der Waals surface area contributed by atoms with E-state index in [-0.39, 0.29) is 11.6 Å². The number of amides is 3. The molecule has 4 rings (SSSR count). The van der Waals surface area contributed by atoms with E-state index >= 15 is 0 Å². The molecule has 0 aliphatic carbocycles. The Morgan fingerprint density at radius 2 is 1.47 bits per heavy atom. The predicted octanol–water partition coefficient (Wildman–Crippen LogP) is 6.63. The van der Waals surface area contributed by atoms with Gasteiger partial charge in [-0.2, -0.15) is 0 Å². The van der Waals surface area contributed by atoms with Gasteiger partial charge in [0, 0.05) is 21.7 Å². The van der Waals surface area contributed by atoms with E-state index in [0.717, 1.165) is 4.90 Å². The smallest absolute Gasteiger partial charge is 0.272 e. The van der Waals surface area contributed by atoms with Gasteiger partial charge in [0.2, 0.25) is 5.91 Å². The summed E-state index contributed by atoms with van der Waals surface area (Å²) in [4.78, 5) is 40.7. The molecule has 3 N–H and O–H groups in total. The third kappa shape index (κ3) is 8.67. The number of methoxy groups -OCH3 is 3. The molecule has 0 saturated carbocycles. The molecule has 0 radical (unpaired) electrons. The molecule has 0 heterocycles. The molecule has 1 unspecified atom stereocenters. The van der Waals surface area contributed by atoms with Crippen LogP contribution in [0.15, 0.2) is 108 Å². The fourth-order valence-electron chi connectivity index (χ4n) is 4.42. The van der Waals surface area contributed by atoms with Crippen molar-refractivity contribution in [3.8, 4) is 17.2 Å². The number of carbonyl (C=O) groups excluding carboxylic acids is 3. The van der Waals surface area contributed by atoms with Crippen LogP contribution in [-0.4, -0.2) is 44.3 Å². The number of hydrogen-bond acceptors (Lipinski definition) is 7. The first-order chi connectivity index (χ1) is 21.9. The van der Waals surface area contributed by atoms with Crippen LogP contribution in [-0.2, 0) is 9.59 Å². The summed E-state index contributed by atoms with van der Waals surface area (Å²) < 4.78 is 16.3. The average molecular weight is 626 g/mol. The van der Waals surface area contributed by atoms with Crippen molar-refractivity contribution in [2.24, 2.45) is 0 Å². The SMILES string of the molecule is CCC(Sc1cccc(NC(=O)/C(=C\c2cccc(OC)c2OC)NC(=O)c2ccccc2)c1)C(=O)Nc1ccccc1OC. The number of nitrogens with one attached hydrogen (secondary N) is 3. The molecule has 4 aromatic rings. The van der Waals surface area contributed by atoms with E-state index in [2.05, 4.69) is 16.0 Å². The van der Waals surface area contributed by atoms with Gasteiger partial charge in [-0.25, -0.2) is 0 Å². The van der Waals surface area contributed by atoms with Gasteiger partial charge in [0.1, 0.15) is 11.4 Å². The predicted molar refractivity (Wildman–Crippen MR) is 178 cm³/mol. The summed E-state index contributed by atoms with van der Waals surface area (Å²) in [6.07, 6.45) is 2.11. The van der Waals surface area contributed by atoms with Gasteiger partial charge in [0.25, 0.3) is 11.8 Å². The van der Waals surface area contributed by atoms with Crippen LogP contribution in [0, 0.1) is 0 Å². The number of para-hydroxylation sites is 3. The average Bonchev–Trinajstić information content (AvgIpc) is 3.07. The van der Waals surface area contributed by atoms with E-state index in [4.69, 9.17) is 14.2 Å². The highest BCUT2D eigenvalue weighted by molar-refractivity contribution is 8.00. The Morgan fingerprint density at radius 3 is 2.18 bits per heavy atom. The van der Waals surface area contributed by atoms with Crippen LogP contribution in [0.2, 0.25) is 0 Å². The van der Waals surface area contributed by atoms with Gasteiger partial charge in [-0.1, -0.05) is 55.5 Å². The first-order valence-corrected chi connectivity index (χ1v) is 15.1. The minimum Gasteiger partial charge on any atom is -0.495 e. The fourth-order valence-corrected chi connectivity index (χ4v) is 5.43. The largest absolute Gasteiger partial charge is 0.495 e. The maximum Gasteiger partial charge on any atom is 0.272 e. The minimum atomic E-state index is -0.549. The summed E-state index contributed by atoms with van der Waals surface area (Å²) >= 11 is 1.38. The van der Waals surface area contributed by atoms with Crippen molar-refractivity contribution in [1.82, 2.24) is 5.32 Å². The monoisotopic (exact) mass is 625 g/mol. The normalized spacial score (nSPS) is 11.6. The summed E-state index contributed by atoms with van der Waals surface area (Å²) in [5.74, 6) is 0.301. The molecule has 3 amide bonds. The van der Waals surface area contributed by atoms with E-state index < -0.39 is 17.1 Å². The Bertz CT molecular complexity index is 1680. The second kappa shape index (κ2) is 16.0. The van der Waals surface area contributed by atoms with Gasteiger partial charge in [-0.3, -0.25) is 14.4 Å². The Hall–Kier alpha value is -5.22. The van der Waals surface area contributed by atoms with Crippen LogP contribution >= 0.6 is 11.8 Å². The van der Waals surface area contributed by atoms with Crippen LogP contribution in [0.3, 0.4) is 0 Å². The van der Waals surface area contributed by atoms with E-state index in [1.165, 1.54) is 32.1 Å². The van der Waals surface area contributed by atoms with Crippen molar-refractivity contribution in [3.63, 3.8) is 0 Å². The lowest BCUT2D eigenvalue weighted by atomic mass is 10.1. The Balaban J connectivity index is 1.56. The summed E-state index contributed by atoms with van der Waals surface area (Å²) in [6.45, 7) is 1.93. The molecule has 232 valence electrons. The number of thioether (sulfide) groups is 1. The minimum absolute atomic E-state index is 0.00363. The van der Waals surface area contributed by atoms with Crippen molar-refractivity contribution in [3.05, 3.63) is 114 Å². The maximum atomic E-state index is 13.7. The summed E-state index contributed by atoms with van der Waals surface area (Å²) in [7, 11) is 4.57. The Kier molecular flexibility index (Phi) is 11.6. The zero-order valence-corrected chi connectivity index (χ0v) is 26.3. The van der Waals surface area contributed by atoms with Gasteiger partial charge < -0.3 is 30.2 Å². The molecular formula is C35H35N3O6S. The van der Waals surface area contributed by atoms with E-state index in [0.29, 0.717) is 46.2 Å². The van der Waals surface area contributed by atoms with E-state index in [1.807, 2.05) is 25.1 Å². The highest BCUT2D eigenvalue weighted by Crippen LogP contribution is 2.33. The zero-order valence-electron chi connectivity index (χ0n) is 25.5. The summed E-state index contributed by atoms with van der Waals surface area (Å²) in [5.41, 5.74) is 2.00. The number of benzene rings is 4. The highest BCUT2D eigenvalue weighted by Gasteiger charge is 2.21. The van der Waals surface area contributed by atoms with Crippen molar-refractivity contribution in [1.29, 1.82) is 0 Å². The lowest BCUT2D eigenvalue weighted by molar-refractivity contribution is -0.116. The van der Waals surface area contributed by atoms with Gasteiger partial charge in [0.05, 0.1) is 32.3 Å². The molecular weight excluding hydrogens is 590 g/mol. The Morgan fingerprint density at radius 1 is 0.778 bits per heavy atom. The zero-order chi connectivity index (χ0) is 32.2. The quantitative estimate of drug-likeness (QED) is 0.113. The molecule has 45 heavy (non-hydrogen) atoms. The lowest BCUT2D eigenvalue weighted by Gasteiger charge is -2.17. The van der Waals surface area contributed by atoms with Crippen molar-refractivity contribution >= 4 is 46.9 Å². The molecule has 4 aromatic carbocycles. The number of anilines is 2. The molecule has 0 spiro atoms.